The minimum absolute atomic E-state index is 0. The largest absolute Gasteiger partial charge is 1.00 e. The number of fused-ring (bicyclic) bond motifs is 3. The number of aliphatic hydroxyl groups is 2. The number of Topliss-reactive ketones (excluding diaryl/α,β-unsaturated/α-hetero) is 1. The van der Waals surface area contributed by atoms with E-state index in [1.165, 1.54) is 134 Å². The second kappa shape index (κ2) is 47.6. The van der Waals surface area contributed by atoms with Crippen LogP contribution in [0.4, 0.5) is 0 Å². The molecule has 7 unspecified atom stereocenters. The molecule has 11 N–H and O–H groups in total. The van der Waals surface area contributed by atoms with E-state index in [9.17, 15) is 65.8 Å². The topological polar surface area (TPSA) is 294 Å². The van der Waals surface area contributed by atoms with Crippen LogP contribution >= 0.6 is 0 Å². The summed E-state index contributed by atoms with van der Waals surface area (Å²) in [5.74, 6) is 1.15. The van der Waals surface area contributed by atoms with E-state index in [0.29, 0.717) is 47.0 Å². The number of hydrogen-bond acceptors (Lipinski definition) is 17. The van der Waals surface area contributed by atoms with Crippen LogP contribution in [0.3, 0.4) is 0 Å². The Labute approximate surface area is 781 Å². The van der Waals surface area contributed by atoms with Crippen molar-refractivity contribution in [2.24, 2.45) is 0 Å². The average Bonchev–Trinajstić information content (AvgIpc) is 0.781. The molecule has 128 heavy (non-hydrogen) atoms. The number of benzene rings is 12. The second-order valence-electron chi connectivity index (χ2n) is 32.6. The van der Waals surface area contributed by atoms with Crippen molar-refractivity contribution in [1.29, 1.82) is 0 Å². The molecule has 667 valence electrons. The molecule has 0 fully saturated rings. The fourth-order valence-corrected chi connectivity index (χ4v) is 15.6. The summed E-state index contributed by atoms with van der Waals surface area (Å²) in [5, 5.41) is 106. The molecule has 17 nitrogen and oxygen atoms in total. The average molecular weight is 1740 g/mol. The summed E-state index contributed by atoms with van der Waals surface area (Å²) in [7, 11) is 0. The van der Waals surface area contributed by atoms with E-state index in [1.807, 2.05) is 31.2 Å². The molecule has 0 saturated heterocycles. The third kappa shape index (κ3) is 26.7. The van der Waals surface area contributed by atoms with Crippen molar-refractivity contribution < 1.29 is 116 Å². The van der Waals surface area contributed by atoms with Gasteiger partial charge in [-0.15, -0.1) is 0 Å². The Bertz CT molecular complexity index is 5790. The first-order valence-electron chi connectivity index (χ1n) is 41.9. The Balaban J connectivity index is 0.000000272. The molecule has 3 radical (unpaired) electrons. The van der Waals surface area contributed by atoms with Gasteiger partial charge in [-0.2, -0.15) is 0 Å². The van der Waals surface area contributed by atoms with Crippen LogP contribution in [0.15, 0.2) is 225 Å². The van der Waals surface area contributed by atoms with E-state index >= 15 is 0 Å². The number of hydrogen-bond donors (Lipinski definition) is 11. The first kappa shape index (κ1) is 105. The van der Waals surface area contributed by atoms with Gasteiger partial charge < -0.3 is 76.5 Å². The quantitative estimate of drug-likeness (QED) is 0.0185. The number of aryl methyl sites for hydroxylation is 12. The predicted molar refractivity (Wildman–Crippen MR) is 511 cm³/mol. The van der Waals surface area contributed by atoms with E-state index in [0.717, 1.165) is 75.8 Å². The van der Waals surface area contributed by atoms with Gasteiger partial charge in [-0.25, -0.2) is 0 Å². The maximum Gasteiger partial charge on any atom is 1.00 e. The van der Waals surface area contributed by atoms with Gasteiger partial charge in [0.2, 0.25) is 0 Å². The number of aromatic hydroxyl groups is 9. The summed E-state index contributed by atoms with van der Waals surface area (Å²) in [6.45, 7) is 33.8. The molecule has 3 aliphatic rings. The van der Waals surface area contributed by atoms with Crippen molar-refractivity contribution in [2.45, 2.75) is 193 Å². The van der Waals surface area contributed by atoms with Crippen LogP contribution in [-0.4, -0.2) is 89.6 Å². The Hall–Kier alpha value is -12.2. The first-order chi connectivity index (χ1) is 59.0. The molecule has 0 bridgehead atoms. The summed E-state index contributed by atoms with van der Waals surface area (Å²) < 4.78 is 22.4. The van der Waals surface area contributed by atoms with Crippen molar-refractivity contribution in [2.75, 3.05) is 13.2 Å². The van der Waals surface area contributed by atoms with Gasteiger partial charge in [0.05, 0.1) is 19.0 Å². The molecule has 0 amide bonds. The van der Waals surface area contributed by atoms with Crippen LogP contribution in [-0.2, 0) is 16.0 Å². The summed E-state index contributed by atoms with van der Waals surface area (Å²) in [6.07, 6.45) is 4.98. The maximum atomic E-state index is 12.9. The molecule has 15 rings (SSSR count). The molecule has 0 spiro atoms. The smallest absolute Gasteiger partial charge is 1.00 e. The van der Waals surface area contributed by atoms with E-state index < -0.39 is 12.2 Å². The van der Waals surface area contributed by atoms with Crippen molar-refractivity contribution in [1.82, 2.24) is 0 Å². The predicted octanol–water partition coefficient (Wildman–Crippen LogP) is 21.7. The maximum absolute atomic E-state index is 12.9. The third-order valence-electron chi connectivity index (χ3n) is 23.3. The van der Waals surface area contributed by atoms with E-state index in [-0.39, 0.29) is 153 Å². The molecule has 12 aromatic carbocycles. The molecule has 0 aliphatic carbocycles. The standard InChI is InChI=1S/C22H28O2.C20H26O.C20H24O.C15H12O5.C15H14O4.C15H12O4.2CH4.B.Na.H/c1-7-20(19-10-8-14(2)9-11-19)22(24-18(6)23)21-13-16(4)15(3)12-17(21)5;2*1-6-18(17-9-7-13(2)8-10-17)20(21)19-12-15(4)14(3)11-16(19)5;16-9-3-1-8(2-4-9)11-7-20-14-6-13(18)12(17)5-10(14)15(11)19;2*16-12-3-1-9(2-4-12)11-5-10-6-13(17)14(18)7-15(10)19-8-11;;;;;/h8-13,20,22H,7H2,1-6H3;7-12,18,20-21H,6H2,1-5H3;7-12,18H,6H2,1-5H3;1-7,15-19H;1-4,6-7,11,16-18H,5,8H2;1-7,16-18H,8H2;2*1H4;;;/q;;;;;;;;;+1;-1. The van der Waals surface area contributed by atoms with Gasteiger partial charge in [0.25, 0.3) is 0 Å². The number of carbonyl (C=O) groups excluding carboxylic acids is 2. The SMILES string of the molecule is C.C.CCC(C(=O)c1cc(C)c(C)cc1C)c1ccc(C)cc1.CCC(c1ccc(C)cc1)C(O)c1cc(C)c(C)cc1C.CCC(c1ccc(C)cc1)C(OC(C)=O)c1cc(C)c(C)cc1C.Oc1ccc(C2=COc3cc(O)c(O)cc3C2O)cc1.Oc1ccc(C2=Cc3cc(O)c(O)cc3OC2)cc1.Oc1ccc(C2COc3cc(O)c(O)cc3C2)cc1.[B].[H-].[Na+]. The molecule has 0 saturated carbocycles. The van der Waals surface area contributed by atoms with Crippen LogP contribution in [0.1, 0.15) is 244 Å². The number of ketones is 1. The number of rotatable bonds is 16. The molecule has 7 atom stereocenters. The summed E-state index contributed by atoms with van der Waals surface area (Å²) in [6, 6.07) is 66.8. The van der Waals surface area contributed by atoms with Crippen LogP contribution < -0.4 is 43.8 Å². The van der Waals surface area contributed by atoms with Gasteiger partial charge >= 0.3 is 35.5 Å². The Kier molecular flexibility index (Phi) is 38.9. The number of phenolic OH excluding ortho intramolecular Hbond substituents is 9. The van der Waals surface area contributed by atoms with Crippen LogP contribution in [0.25, 0.3) is 17.2 Å². The van der Waals surface area contributed by atoms with E-state index in [1.54, 1.807) is 48.5 Å². The van der Waals surface area contributed by atoms with Gasteiger partial charge in [0.15, 0.2) is 40.3 Å². The van der Waals surface area contributed by atoms with Crippen molar-refractivity contribution >= 4 is 37.4 Å². The molecule has 19 heteroatoms. The van der Waals surface area contributed by atoms with Gasteiger partial charge in [-0.05, 0) is 281 Å². The molecule has 3 aliphatic heterocycles. The van der Waals surface area contributed by atoms with Crippen LogP contribution in [0, 0.1) is 83.1 Å². The second-order valence-corrected chi connectivity index (χ2v) is 32.6. The summed E-state index contributed by atoms with van der Waals surface area (Å²) >= 11 is 0. The number of phenols is 9. The zero-order valence-electron chi connectivity index (χ0n) is 76.2. The molecule has 12 aromatic rings. The van der Waals surface area contributed by atoms with Gasteiger partial charge in [0.1, 0.15) is 53.3 Å². The monoisotopic (exact) mass is 1740 g/mol. The van der Waals surface area contributed by atoms with E-state index in [2.05, 4.69) is 200 Å². The Morgan fingerprint density at radius 1 is 0.445 bits per heavy atom. The normalized spacial score (nSPS) is 14.1. The Morgan fingerprint density at radius 2 is 0.867 bits per heavy atom. The molecule has 0 aromatic heterocycles. The first-order valence-corrected chi connectivity index (χ1v) is 41.9. The molecule has 3 heterocycles. The Morgan fingerprint density at radius 3 is 1.38 bits per heavy atom. The molecular formula is C109H125BNaO17. The van der Waals surface area contributed by atoms with Crippen LogP contribution in [0.2, 0.25) is 0 Å². The van der Waals surface area contributed by atoms with Crippen molar-refractivity contribution in [3.8, 4) is 69.0 Å². The van der Waals surface area contributed by atoms with Crippen molar-refractivity contribution in [3.63, 3.8) is 0 Å². The van der Waals surface area contributed by atoms with Gasteiger partial charge in [-0.1, -0.05) is 192 Å². The summed E-state index contributed by atoms with van der Waals surface area (Å²) in [4.78, 5) is 24.7. The van der Waals surface area contributed by atoms with Gasteiger partial charge in [0, 0.05) is 79.5 Å². The fourth-order valence-electron chi connectivity index (χ4n) is 15.6. The zero-order chi connectivity index (χ0) is 90.1. The third-order valence-corrected chi connectivity index (χ3v) is 23.3. The van der Waals surface area contributed by atoms with Crippen LogP contribution in [0.5, 0.6) is 69.0 Å². The number of ether oxygens (including phenoxy) is 4. The number of esters is 1. The minimum Gasteiger partial charge on any atom is -1.00 e. The number of carbonyl (C=O) groups is 2. The zero-order valence-corrected chi connectivity index (χ0v) is 77.2. The fraction of sp³-hybridized carbons (Fsp3) is 0.284. The van der Waals surface area contributed by atoms with E-state index in [4.69, 9.17) is 18.9 Å². The minimum atomic E-state index is -0.991. The van der Waals surface area contributed by atoms with Crippen molar-refractivity contribution in [3.05, 3.63) is 358 Å². The summed E-state index contributed by atoms with van der Waals surface area (Å²) in [5.41, 5.74) is 27.3. The molecular weight excluding hydrogens is 1610 g/mol. The number of aliphatic hydroxyl groups excluding tert-OH is 2. The van der Waals surface area contributed by atoms with Gasteiger partial charge in [-0.3, -0.25) is 9.59 Å².